The van der Waals surface area contributed by atoms with Crippen LogP contribution in [0.2, 0.25) is 0 Å². The van der Waals surface area contributed by atoms with E-state index < -0.39 is 31.4 Å². The molecule has 0 spiro atoms. The van der Waals surface area contributed by atoms with Gasteiger partial charge in [-0.2, -0.15) is 0 Å². The zero-order chi connectivity index (χ0) is 94.1. The lowest BCUT2D eigenvalue weighted by Crippen LogP contribution is -2.18. The highest BCUT2D eigenvalue weighted by Crippen LogP contribution is 2.74. The molecule has 6 aliphatic rings. The predicted molar refractivity (Wildman–Crippen MR) is 549 cm³/mol. The molecule has 18 rings (SSSR count). The summed E-state index contributed by atoms with van der Waals surface area (Å²) in [6, 6.07) is 98.5. The van der Waals surface area contributed by atoms with Gasteiger partial charge in [0.05, 0.1) is 86.9 Å². The molecule has 690 valence electrons. The zero-order valence-corrected chi connectivity index (χ0v) is 85.2. The van der Waals surface area contributed by atoms with E-state index in [4.69, 9.17) is 177 Å². The fraction of sp³-hybridized carbons (Fsp3) is 0.351. The van der Waals surface area contributed by atoms with Gasteiger partial charge in [-0.3, -0.25) is 0 Å². The first kappa shape index (κ1) is 101. The number of benzene rings is 12. The maximum Gasteiger partial charge on any atom is 0.133 e. The largest absolute Gasteiger partial charge is 0.497 e. The van der Waals surface area contributed by atoms with Crippen LogP contribution in [0.5, 0.6) is 46.0 Å². The van der Waals surface area contributed by atoms with E-state index in [9.17, 15) is 0 Å². The average molecular weight is 2000 g/mol. The summed E-state index contributed by atoms with van der Waals surface area (Å²) in [6.45, 7) is 21.9. The topological polar surface area (TPSA) is 73.8 Å². The monoisotopic (exact) mass is 1990 g/mol. The fourth-order valence-electron chi connectivity index (χ4n) is 18.0. The number of methoxy groups -OCH3 is 3. The highest BCUT2D eigenvalue weighted by atomic mass is 35.6. The van der Waals surface area contributed by atoms with Crippen LogP contribution in [0.25, 0.3) is 0 Å². The SMILES string of the molecule is CCCOc1ccc(C2(c3ccc(OCCC)cc3)CC2(Cl)Cl)cc1.CCOc1ccc(C2(c3ccc(OC)cc3)CC2(Cl)Cl)cc1.CCOc1ccc(C2(c3ccccc3OCC)CC2(Cl)Cl)cc1.CCc1ccc(C2(c3ccc(CC)cc3)CC2(Cl)Cl)cc1.COc1ccc(C2(c3ccc(OC)cc3)CC2(Cl)Cl)cc1.Cc1ccc(C2(c3ccc(C)cc3)CC2(Cl)Cl)cc1. The van der Waals surface area contributed by atoms with Crippen molar-refractivity contribution in [2.75, 3.05) is 54.4 Å². The Hall–Kier alpha value is -7.48. The molecule has 8 nitrogen and oxygen atoms in total. The third-order valence-corrected chi connectivity index (χ3v) is 31.5. The fourth-order valence-corrected chi connectivity index (χ4v) is 23.0. The molecule has 20 heteroatoms. The van der Waals surface area contributed by atoms with E-state index in [-0.39, 0.29) is 27.1 Å². The van der Waals surface area contributed by atoms with E-state index in [2.05, 4.69) is 163 Å². The Labute approximate surface area is 835 Å². The number of hydrogen-bond donors (Lipinski definition) is 0. The Morgan fingerprint density at radius 2 is 0.412 bits per heavy atom. The van der Waals surface area contributed by atoms with Gasteiger partial charge in [0.1, 0.15) is 72.0 Å². The van der Waals surface area contributed by atoms with Crippen LogP contribution in [-0.4, -0.2) is 80.4 Å². The van der Waals surface area contributed by atoms with Gasteiger partial charge in [0.2, 0.25) is 0 Å². The molecule has 12 aromatic carbocycles. The molecule has 0 heterocycles. The van der Waals surface area contributed by atoms with Crippen LogP contribution in [0.3, 0.4) is 0 Å². The number of hydrogen-bond acceptors (Lipinski definition) is 8. The van der Waals surface area contributed by atoms with Gasteiger partial charge in [0.25, 0.3) is 0 Å². The van der Waals surface area contributed by atoms with Crippen molar-refractivity contribution >= 4 is 139 Å². The van der Waals surface area contributed by atoms with Crippen LogP contribution < -0.4 is 37.9 Å². The van der Waals surface area contributed by atoms with E-state index >= 15 is 0 Å². The second kappa shape index (κ2) is 42.0. The minimum atomic E-state index is -0.826. The van der Waals surface area contributed by atoms with Gasteiger partial charge in [-0.1, -0.05) is 239 Å². The van der Waals surface area contributed by atoms with Gasteiger partial charge in [0, 0.05) is 5.56 Å². The molecular weight excluding hydrogens is 1890 g/mol. The highest BCUT2D eigenvalue weighted by Gasteiger charge is 2.73. The summed E-state index contributed by atoms with van der Waals surface area (Å²) in [5, 5.41) is 0. The average Bonchev–Trinajstić information content (AvgIpc) is 1.54. The molecule has 0 aromatic heterocycles. The summed E-state index contributed by atoms with van der Waals surface area (Å²) in [6.07, 6.45) is 8.39. The Bertz CT molecular complexity index is 5410. The molecular formula is C111H114Cl12O8. The lowest BCUT2D eigenvalue weighted by molar-refractivity contribution is 0.317. The number of ether oxygens (including phenoxy) is 8. The Balaban J connectivity index is 0.000000134. The molecule has 131 heavy (non-hydrogen) atoms. The van der Waals surface area contributed by atoms with E-state index in [1.54, 1.807) is 21.3 Å². The van der Waals surface area contributed by atoms with Crippen molar-refractivity contribution in [2.24, 2.45) is 0 Å². The van der Waals surface area contributed by atoms with Crippen LogP contribution in [0.4, 0.5) is 0 Å². The summed E-state index contributed by atoms with van der Waals surface area (Å²) < 4.78 is 39.2. The molecule has 0 radical (unpaired) electrons. The Morgan fingerprint density at radius 1 is 0.221 bits per heavy atom. The summed E-state index contributed by atoms with van der Waals surface area (Å²) in [7, 11) is 4.96. The van der Waals surface area contributed by atoms with Gasteiger partial charge in [0.15, 0.2) is 0 Å². The van der Waals surface area contributed by atoms with Crippen molar-refractivity contribution in [2.45, 2.75) is 185 Å². The highest BCUT2D eigenvalue weighted by molar-refractivity contribution is 6.55. The summed E-state index contributed by atoms with van der Waals surface area (Å²) in [5.74, 6) is 6.75. The molecule has 0 bridgehead atoms. The molecule has 6 saturated carbocycles. The normalized spacial score (nSPS) is 19.5. The van der Waals surface area contributed by atoms with E-state index in [0.29, 0.717) is 45.5 Å². The van der Waals surface area contributed by atoms with Gasteiger partial charge in [-0.25, -0.2) is 0 Å². The van der Waals surface area contributed by atoms with Crippen LogP contribution in [0, 0.1) is 13.8 Å². The molecule has 6 aliphatic carbocycles. The second-order valence-electron chi connectivity index (χ2n) is 34.3. The molecule has 0 amide bonds. The third-order valence-electron chi connectivity index (χ3n) is 26.1. The lowest BCUT2D eigenvalue weighted by atomic mass is 9.86. The minimum Gasteiger partial charge on any atom is -0.497 e. The standard InChI is InChI=1S/C21H24Cl2O2.C19H20Cl2O2.C19H20Cl2.C18H18Cl2O2.C17H16Cl2O2.C17H16Cl2/c1-3-13-24-18-9-5-16(6-10-18)20(15-21(20,22)23)17-7-11-19(12-8-17)25-14-4-2;1-3-22-15-11-9-14(10-12-15)18(13-19(18,20)21)16-7-5-6-8-17(16)23-4-2;1-3-14-5-9-16(10-6-14)18(13-19(18,20)21)17-11-7-15(4-2)8-12-17;1-3-22-16-10-6-14(7-11-16)17(12-18(17,19)20)13-4-8-15(21-2)9-5-13;1-20-14-7-3-12(4-8-14)16(11-17(16,18)19)13-5-9-15(21-2)10-6-13;1-12-3-7-14(8-4-12)16(11-17(16,18)19)15-9-5-13(2)6-10-15/h5-12H,3-4,13-15H2,1-2H3;5-12H,3-4,13H2,1-2H3;5-12H,3-4,13H2,1-2H3;4-11H,3,12H2,1-2H3;3-10H,11H2,1-2H3;3-10H,11H2,1-2H3. The maximum atomic E-state index is 6.58. The maximum absolute atomic E-state index is 6.58. The number of rotatable bonds is 29. The van der Waals surface area contributed by atoms with Gasteiger partial charge in [-0.05, 0) is 262 Å². The first-order valence-electron chi connectivity index (χ1n) is 44.8. The molecule has 12 aromatic rings. The van der Waals surface area contributed by atoms with Crippen molar-refractivity contribution in [3.05, 3.63) is 380 Å². The smallest absolute Gasteiger partial charge is 0.133 e. The van der Waals surface area contributed by atoms with Gasteiger partial charge in [-0.15, -0.1) is 139 Å². The Kier molecular flexibility index (Phi) is 32.4. The van der Waals surface area contributed by atoms with Gasteiger partial charge < -0.3 is 37.9 Å². The van der Waals surface area contributed by atoms with E-state index in [0.717, 1.165) is 142 Å². The van der Waals surface area contributed by atoms with Crippen LogP contribution in [0.1, 0.15) is 189 Å². The summed E-state index contributed by atoms with van der Waals surface area (Å²) in [4.78, 5) is 0. The second-order valence-corrected chi connectivity index (χ2v) is 43.2. The summed E-state index contributed by atoms with van der Waals surface area (Å²) in [5.41, 5.74) is 16.7. The Morgan fingerprint density at radius 3 is 0.611 bits per heavy atom. The molecule has 6 fully saturated rings. The van der Waals surface area contributed by atoms with Crippen molar-refractivity contribution in [1.29, 1.82) is 0 Å². The van der Waals surface area contributed by atoms with Crippen molar-refractivity contribution in [3.8, 4) is 46.0 Å². The van der Waals surface area contributed by atoms with Crippen LogP contribution in [-0.2, 0) is 45.3 Å². The van der Waals surface area contributed by atoms with Crippen molar-refractivity contribution in [1.82, 2.24) is 0 Å². The first-order chi connectivity index (χ1) is 62.6. The van der Waals surface area contributed by atoms with E-state index in [1.807, 2.05) is 191 Å². The first-order valence-corrected chi connectivity index (χ1v) is 49.4. The third kappa shape index (κ3) is 21.1. The van der Waals surface area contributed by atoms with Crippen LogP contribution >= 0.6 is 139 Å². The number of halogens is 12. The summed E-state index contributed by atoms with van der Waals surface area (Å²) >= 11 is 78.4. The quantitative estimate of drug-likeness (QED) is 0.0430. The molecule has 0 N–H and O–H groups in total. The van der Waals surface area contributed by atoms with E-state index in [1.165, 1.54) is 44.5 Å². The lowest BCUT2D eigenvalue weighted by Gasteiger charge is -2.22. The zero-order valence-electron chi connectivity index (χ0n) is 76.1. The molecule has 0 aliphatic heterocycles. The number of aryl methyl sites for hydroxylation is 4. The predicted octanol–water partition coefficient (Wildman–Crippen LogP) is 31.8. The number of para-hydroxylation sites is 1. The van der Waals surface area contributed by atoms with Crippen molar-refractivity contribution < 1.29 is 37.9 Å². The van der Waals surface area contributed by atoms with Crippen LogP contribution in [0.15, 0.2) is 291 Å². The van der Waals surface area contributed by atoms with Gasteiger partial charge >= 0.3 is 0 Å². The minimum absolute atomic E-state index is 0.252. The number of alkyl halides is 12. The van der Waals surface area contributed by atoms with Crippen molar-refractivity contribution in [3.63, 3.8) is 0 Å². The molecule has 0 saturated heterocycles. The molecule has 2 unspecified atom stereocenters. The molecule has 2 atom stereocenters.